The number of nitrogens with one attached hydrogen (secondary N) is 3. The molecule has 4 N–H and O–H groups in total. The molecule has 2 aromatic rings. The Morgan fingerprint density at radius 3 is 2.11 bits per heavy atom. The quantitative estimate of drug-likeness (QED) is 0.182. The first kappa shape index (κ1) is 35.4. The maximum Gasteiger partial charge on any atom is 0.328 e. The summed E-state index contributed by atoms with van der Waals surface area (Å²) in [4.78, 5) is 69.4. The lowest BCUT2D eigenvalue weighted by Gasteiger charge is -2.38. The molecule has 0 unspecified atom stereocenters. The number of anilines is 2. The van der Waals surface area contributed by atoms with Crippen LogP contribution in [0.4, 0.5) is 21.0 Å². The molecule has 11 nitrogen and oxygen atoms in total. The Balaban J connectivity index is 1.55. The molecule has 11 heteroatoms. The van der Waals surface area contributed by atoms with Crippen LogP contribution in [0.15, 0.2) is 48.5 Å². The number of nitrogens with zero attached hydrogens (tertiary/aromatic N) is 2. The van der Waals surface area contributed by atoms with Gasteiger partial charge in [-0.1, -0.05) is 77.3 Å². The van der Waals surface area contributed by atoms with E-state index in [1.165, 1.54) is 0 Å². The Hall–Kier alpha value is -4.41. The Morgan fingerprint density at radius 1 is 0.872 bits per heavy atom. The highest BCUT2D eigenvalue weighted by atomic mass is 16.4. The second-order valence-corrected chi connectivity index (χ2v) is 13.8. The third kappa shape index (κ3) is 8.69. The number of aryl methyl sites for hydroxylation is 1. The van der Waals surface area contributed by atoms with Gasteiger partial charge in [0.15, 0.2) is 0 Å². The van der Waals surface area contributed by atoms with Crippen molar-refractivity contribution in [1.29, 1.82) is 0 Å². The first-order valence-corrected chi connectivity index (χ1v) is 16.7. The van der Waals surface area contributed by atoms with Gasteiger partial charge in [0.25, 0.3) is 5.91 Å². The second kappa shape index (κ2) is 15.5. The van der Waals surface area contributed by atoms with Crippen molar-refractivity contribution in [3.05, 3.63) is 59.7 Å². The SMILES string of the molecule is Cc1ccccc1NC(=O)Nc1ccc(CN2C(=O)N([C@@H](CC(C)C)C(=O)N[C@@H](CC(=O)O)CC(C)C)C(=O)C23CCCCC3)cc1. The third-order valence-electron chi connectivity index (χ3n) is 9.03. The number of imide groups is 1. The number of carbonyl (C=O) groups is 5. The molecule has 1 heterocycles. The first-order chi connectivity index (χ1) is 22.3. The molecule has 2 aromatic carbocycles. The lowest BCUT2D eigenvalue weighted by Crippen LogP contribution is -2.54. The summed E-state index contributed by atoms with van der Waals surface area (Å²) in [7, 11) is 0. The van der Waals surface area contributed by atoms with Gasteiger partial charge in [0.05, 0.1) is 6.42 Å². The van der Waals surface area contributed by atoms with E-state index in [1.807, 2.05) is 71.0 Å². The van der Waals surface area contributed by atoms with Gasteiger partial charge in [0.1, 0.15) is 11.6 Å². The van der Waals surface area contributed by atoms with E-state index in [4.69, 9.17) is 0 Å². The molecule has 2 aliphatic rings. The topological polar surface area (TPSA) is 148 Å². The van der Waals surface area contributed by atoms with Gasteiger partial charge in [0, 0.05) is 24.0 Å². The highest BCUT2D eigenvalue weighted by Gasteiger charge is 2.59. The number of carbonyl (C=O) groups excluding carboxylic acids is 4. The lowest BCUT2D eigenvalue weighted by atomic mass is 9.80. The molecule has 1 spiro atoms. The molecule has 6 amide bonds. The molecular formula is C36H49N5O6. The minimum atomic E-state index is -1.06. The number of hydrogen-bond acceptors (Lipinski definition) is 5. The predicted octanol–water partition coefficient (Wildman–Crippen LogP) is 6.53. The number of carboxylic acid groups (broad SMARTS) is 1. The van der Waals surface area contributed by atoms with Gasteiger partial charge >= 0.3 is 18.0 Å². The summed E-state index contributed by atoms with van der Waals surface area (Å²) >= 11 is 0. The maximum atomic E-state index is 14.3. The molecule has 0 radical (unpaired) electrons. The van der Waals surface area contributed by atoms with Crippen LogP contribution in [-0.2, 0) is 20.9 Å². The predicted molar refractivity (Wildman–Crippen MR) is 181 cm³/mol. The van der Waals surface area contributed by atoms with Crippen LogP contribution in [0.1, 0.15) is 90.2 Å². The van der Waals surface area contributed by atoms with Gasteiger partial charge in [-0.2, -0.15) is 0 Å². The molecule has 254 valence electrons. The van der Waals surface area contributed by atoms with Gasteiger partial charge in [-0.3, -0.25) is 14.4 Å². The van der Waals surface area contributed by atoms with Gasteiger partial charge in [-0.05, 0) is 73.8 Å². The fourth-order valence-electron chi connectivity index (χ4n) is 6.77. The molecule has 0 bridgehead atoms. The minimum absolute atomic E-state index is 0.00576. The average Bonchev–Trinajstić information content (AvgIpc) is 3.18. The smallest absolute Gasteiger partial charge is 0.328 e. The monoisotopic (exact) mass is 647 g/mol. The molecule has 47 heavy (non-hydrogen) atoms. The normalized spacial score (nSPS) is 17.3. The van der Waals surface area contributed by atoms with Crippen LogP contribution >= 0.6 is 0 Å². The summed E-state index contributed by atoms with van der Waals surface area (Å²) in [5.41, 5.74) is 1.96. The van der Waals surface area contributed by atoms with Gasteiger partial charge in [-0.15, -0.1) is 0 Å². The number of benzene rings is 2. The van der Waals surface area contributed by atoms with Crippen molar-refractivity contribution in [3.63, 3.8) is 0 Å². The molecule has 1 aliphatic heterocycles. The van der Waals surface area contributed by atoms with Crippen LogP contribution in [0.3, 0.4) is 0 Å². The lowest BCUT2D eigenvalue weighted by molar-refractivity contribution is -0.142. The molecule has 0 aromatic heterocycles. The largest absolute Gasteiger partial charge is 0.481 e. The van der Waals surface area contributed by atoms with Crippen molar-refractivity contribution >= 4 is 41.2 Å². The van der Waals surface area contributed by atoms with Gasteiger partial charge < -0.3 is 26.0 Å². The number of amides is 6. The molecule has 2 fully saturated rings. The highest BCUT2D eigenvalue weighted by molar-refractivity contribution is 6.10. The first-order valence-electron chi connectivity index (χ1n) is 16.7. The van der Waals surface area contributed by atoms with E-state index in [-0.39, 0.29) is 43.2 Å². The number of para-hydroxylation sites is 1. The van der Waals surface area contributed by atoms with E-state index in [2.05, 4.69) is 16.0 Å². The number of urea groups is 2. The van der Waals surface area contributed by atoms with Crippen LogP contribution < -0.4 is 16.0 Å². The van der Waals surface area contributed by atoms with Crippen molar-refractivity contribution in [3.8, 4) is 0 Å². The van der Waals surface area contributed by atoms with E-state index < -0.39 is 35.5 Å². The van der Waals surface area contributed by atoms with Crippen molar-refractivity contribution in [1.82, 2.24) is 15.1 Å². The van der Waals surface area contributed by atoms with E-state index >= 15 is 0 Å². The summed E-state index contributed by atoms with van der Waals surface area (Å²) in [6, 6.07) is 12.1. The maximum absolute atomic E-state index is 14.3. The summed E-state index contributed by atoms with van der Waals surface area (Å²) in [5.74, 6) is -1.74. The minimum Gasteiger partial charge on any atom is -0.481 e. The second-order valence-electron chi connectivity index (χ2n) is 13.8. The van der Waals surface area contributed by atoms with Crippen LogP contribution in [0.25, 0.3) is 0 Å². The van der Waals surface area contributed by atoms with Crippen LogP contribution in [0.2, 0.25) is 0 Å². The van der Waals surface area contributed by atoms with E-state index in [0.717, 1.165) is 35.3 Å². The summed E-state index contributed by atoms with van der Waals surface area (Å²) in [5, 5.41) is 18.0. The molecular weight excluding hydrogens is 598 g/mol. The zero-order valence-corrected chi connectivity index (χ0v) is 28.2. The average molecular weight is 648 g/mol. The Labute approximate surface area is 277 Å². The van der Waals surface area contributed by atoms with Gasteiger partial charge in [-0.25, -0.2) is 14.5 Å². The van der Waals surface area contributed by atoms with Crippen LogP contribution in [0, 0.1) is 18.8 Å². The van der Waals surface area contributed by atoms with Crippen molar-refractivity contribution < 1.29 is 29.1 Å². The summed E-state index contributed by atoms with van der Waals surface area (Å²) in [6.07, 6.45) is 4.05. The van der Waals surface area contributed by atoms with Crippen molar-refractivity contribution in [2.75, 3.05) is 10.6 Å². The number of hydrogen-bond donors (Lipinski definition) is 4. The van der Waals surface area contributed by atoms with Gasteiger partial charge in [0.2, 0.25) is 5.91 Å². The van der Waals surface area contributed by atoms with E-state index in [0.29, 0.717) is 30.6 Å². The third-order valence-corrected chi connectivity index (χ3v) is 9.03. The van der Waals surface area contributed by atoms with Crippen molar-refractivity contribution in [2.24, 2.45) is 11.8 Å². The van der Waals surface area contributed by atoms with E-state index in [9.17, 15) is 29.1 Å². The summed E-state index contributed by atoms with van der Waals surface area (Å²) in [6.45, 7) is 9.84. The van der Waals surface area contributed by atoms with E-state index in [1.54, 1.807) is 17.0 Å². The van der Waals surface area contributed by atoms with Crippen LogP contribution in [-0.4, -0.2) is 62.4 Å². The fourth-order valence-corrected chi connectivity index (χ4v) is 6.77. The molecule has 2 atom stereocenters. The van der Waals surface area contributed by atoms with Crippen molar-refractivity contribution in [2.45, 2.75) is 110 Å². The molecule has 1 saturated carbocycles. The standard InChI is InChI=1S/C36H49N5O6/c1-23(2)19-28(21-31(42)43)37-32(44)30(20-24(3)4)41-33(45)36(17-9-6-10-18-36)40(35(41)47)22-26-13-15-27(16-14-26)38-34(46)39-29-12-8-7-11-25(29)5/h7-8,11-16,23-24,28,30H,6,9-10,17-22H2,1-5H3,(H,37,44)(H,42,43)(H2,38,39,46)/t28-,30+/m1/s1. The molecule has 1 aliphatic carbocycles. The number of carboxylic acids is 1. The zero-order valence-electron chi connectivity index (χ0n) is 28.2. The van der Waals surface area contributed by atoms with Crippen LogP contribution in [0.5, 0.6) is 0 Å². The fraction of sp³-hybridized carbons (Fsp3) is 0.528. The Morgan fingerprint density at radius 2 is 1.51 bits per heavy atom. The summed E-state index contributed by atoms with van der Waals surface area (Å²) < 4.78 is 0. The molecule has 4 rings (SSSR count). The zero-order chi connectivity index (χ0) is 34.3. The number of rotatable bonds is 13. The Bertz CT molecular complexity index is 1450. The highest BCUT2D eigenvalue weighted by Crippen LogP contribution is 2.42. The molecule has 1 saturated heterocycles. The Kier molecular flexibility index (Phi) is 11.7. The number of aliphatic carboxylic acids is 1.